The fourth-order valence-corrected chi connectivity index (χ4v) is 4.90. The van der Waals surface area contributed by atoms with Gasteiger partial charge in [-0.3, -0.25) is 0 Å². The minimum absolute atomic E-state index is 0.110. The molecule has 2 atom stereocenters. The molecule has 1 heterocycles. The highest BCUT2D eigenvalue weighted by molar-refractivity contribution is 5.73. The van der Waals surface area contributed by atoms with Gasteiger partial charge in [0.1, 0.15) is 5.82 Å². The Hall–Kier alpha value is -3.19. The Balaban J connectivity index is 1.47. The lowest BCUT2D eigenvalue weighted by molar-refractivity contribution is -0.0209. The van der Waals surface area contributed by atoms with Crippen molar-refractivity contribution >= 4 is 0 Å². The van der Waals surface area contributed by atoms with Gasteiger partial charge in [-0.25, -0.2) is 17.6 Å². The summed E-state index contributed by atoms with van der Waals surface area (Å²) in [4.78, 5) is 0. The Morgan fingerprint density at radius 2 is 1.47 bits per heavy atom. The van der Waals surface area contributed by atoms with E-state index < -0.39 is 40.2 Å². The van der Waals surface area contributed by atoms with Crippen LogP contribution in [0.25, 0.3) is 22.3 Å². The summed E-state index contributed by atoms with van der Waals surface area (Å²) in [5, 5.41) is 0. The molecule has 1 saturated heterocycles. The second-order valence-electron chi connectivity index (χ2n) is 9.58. The highest BCUT2D eigenvalue weighted by Gasteiger charge is 2.24. The van der Waals surface area contributed by atoms with Crippen LogP contribution in [0, 0.1) is 35.0 Å². The molecule has 4 rings (SSSR count). The van der Waals surface area contributed by atoms with Gasteiger partial charge in [-0.05, 0) is 75.1 Å². The van der Waals surface area contributed by atoms with Crippen LogP contribution in [0.3, 0.4) is 0 Å². The van der Waals surface area contributed by atoms with Crippen LogP contribution in [0.2, 0.25) is 0 Å². The average Bonchev–Trinajstić information content (AvgIpc) is 2.92. The lowest BCUT2D eigenvalue weighted by atomic mass is 9.90. The molecule has 0 amide bonds. The molecular formula is C31H31F5O2. The zero-order valence-electron chi connectivity index (χ0n) is 21.3. The molecule has 0 N–H and O–H groups in total. The van der Waals surface area contributed by atoms with Crippen molar-refractivity contribution in [1.29, 1.82) is 0 Å². The van der Waals surface area contributed by atoms with E-state index in [1.165, 1.54) is 18.2 Å². The van der Waals surface area contributed by atoms with Crippen molar-refractivity contribution in [3.05, 3.63) is 89.8 Å². The predicted molar refractivity (Wildman–Crippen MR) is 138 cm³/mol. The van der Waals surface area contributed by atoms with Gasteiger partial charge in [0.25, 0.3) is 0 Å². The molecule has 0 aliphatic carbocycles. The Kier molecular flexibility index (Phi) is 9.21. The van der Waals surface area contributed by atoms with Crippen molar-refractivity contribution in [3.8, 4) is 28.0 Å². The molecule has 1 aliphatic rings. The molecule has 202 valence electrons. The molecule has 3 aromatic rings. The van der Waals surface area contributed by atoms with Crippen LogP contribution >= 0.6 is 0 Å². The van der Waals surface area contributed by atoms with Gasteiger partial charge in [0.15, 0.2) is 23.2 Å². The average molecular weight is 531 g/mol. The van der Waals surface area contributed by atoms with Crippen molar-refractivity contribution in [2.75, 3.05) is 13.2 Å². The van der Waals surface area contributed by atoms with Crippen LogP contribution in [-0.4, -0.2) is 19.3 Å². The minimum atomic E-state index is -1.39. The number of aryl methyl sites for hydroxylation is 1. The van der Waals surface area contributed by atoms with Crippen molar-refractivity contribution in [1.82, 2.24) is 0 Å². The smallest absolute Gasteiger partial charge is 0.201 e. The summed E-state index contributed by atoms with van der Waals surface area (Å²) in [5.41, 5.74) is -0.577. The summed E-state index contributed by atoms with van der Waals surface area (Å²) in [6, 6.07) is 9.01. The van der Waals surface area contributed by atoms with Gasteiger partial charge in [-0.1, -0.05) is 30.3 Å². The third kappa shape index (κ3) is 6.09. The molecule has 0 saturated carbocycles. The lowest BCUT2D eigenvalue weighted by Crippen LogP contribution is -2.26. The minimum Gasteiger partial charge on any atom is -0.491 e. The second-order valence-corrected chi connectivity index (χ2v) is 9.58. The van der Waals surface area contributed by atoms with E-state index in [1.807, 2.05) is 6.08 Å². The summed E-state index contributed by atoms with van der Waals surface area (Å²) in [5.74, 6) is -5.99. The van der Waals surface area contributed by atoms with Crippen molar-refractivity contribution in [2.24, 2.45) is 5.92 Å². The fourth-order valence-electron chi connectivity index (χ4n) is 4.90. The third-order valence-electron chi connectivity index (χ3n) is 7.04. The molecule has 7 heteroatoms. The van der Waals surface area contributed by atoms with Gasteiger partial charge >= 0.3 is 0 Å². The summed E-state index contributed by atoms with van der Waals surface area (Å²) in [6.07, 6.45) is 7.62. The van der Waals surface area contributed by atoms with Gasteiger partial charge < -0.3 is 9.47 Å². The Labute approximate surface area is 220 Å². The zero-order chi connectivity index (χ0) is 27.2. The number of allylic oxidation sites excluding steroid dienone is 1. The Bertz CT molecular complexity index is 1280. The maximum Gasteiger partial charge on any atom is 0.201 e. The van der Waals surface area contributed by atoms with E-state index in [4.69, 9.17) is 9.47 Å². The number of hydrogen-bond acceptors (Lipinski definition) is 2. The molecule has 0 radical (unpaired) electrons. The second kappa shape index (κ2) is 12.6. The van der Waals surface area contributed by atoms with Gasteiger partial charge in [-0.2, -0.15) is 4.39 Å². The van der Waals surface area contributed by atoms with E-state index >= 15 is 4.39 Å². The SMILES string of the molecule is C=CCCC1CCC(CCc2ccc(-c3ccc(-c4ccc(OCC)c(F)c4F)c(F)c3F)c(F)c2)CO1. The molecule has 1 aliphatic heterocycles. The van der Waals surface area contributed by atoms with Gasteiger partial charge in [0.05, 0.1) is 12.7 Å². The standard InChI is InChI=1S/C31H31F5O2/c1-3-5-6-21-11-9-20(18-38-21)8-7-19-10-12-22(26(32)17-19)23-13-14-24(29(34)28(23)33)25-15-16-27(37-4-2)31(36)30(25)35/h3,10,12-17,20-21H,1,4-9,11,18H2,2H3. The third-order valence-corrected chi connectivity index (χ3v) is 7.04. The van der Waals surface area contributed by atoms with Gasteiger partial charge in [0.2, 0.25) is 5.82 Å². The fraction of sp³-hybridized carbons (Fsp3) is 0.355. The van der Waals surface area contributed by atoms with Crippen LogP contribution in [0.1, 0.15) is 44.6 Å². The Morgan fingerprint density at radius 3 is 2.08 bits per heavy atom. The molecular weight excluding hydrogens is 499 g/mol. The predicted octanol–water partition coefficient (Wildman–Crippen LogP) is 8.81. The lowest BCUT2D eigenvalue weighted by Gasteiger charge is -2.29. The first-order valence-corrected chi connectivity index (χ1v) is 12.9. The molecule has 0 aromatic heterocycles. The maximum atomic E-state index is 15.0. The van der Waals surface area contributed by atoms with Crippen LogP contribution in [0.5, 0.6) is 5.75 Å². The summed E-state index contributed by atoms with van der Waals surface area (Å²) in [7, 11) is 0. The normalized spacial score (nSPS) is 17.4. The quantitative estimate of drug-likeness (QED) is 0.193. The Morgan fingerprint density at radius 1 is 0.842 bits per heavy atom. The summed E-state index contributed by atoms with van der Waals surface area (Å²) < 4.78 is 84.8. The number of ether oxygens (including phenoxy) is 2. The number of rotatable bonds is 10. The summed E-state index contributed by atoms with van der Waals surface area (Å²) >= 11 is 0. The highest BCUT2D eigenvalue weighted by atomic mass is 19.2. The van der Waals surface area contributed by atoms with Crippen LogP contribution in [0.4, 0.5) is 22.0 Å². The van der Waals surface area contributed by atoms with E-state index in [2.05, 4.69) is 6.58 Å². The monoisotopic (exact) mass is 530 g/mol. The highest BCUT2D eigenvalue weighted by Crippen LogP contribution is 2.36. The number of halogens is 5. The van der Waals surface area contributed by atoms with Crippen LogP contribution in [0.15, 0.2) is 55.1 Å². The number of hydrogen-bond donors (Lipinski definition) is 0. The molecule has 2 unspecified atom stereocenters. The van der Waals surface area contributed by atoms with Gasteiger partial charge in [0, 0.05) is 28.9 Å². The van der Waals surface area contributed by atoms with Crippen molar-refractivity contribution < 1.29 is 31.4 Å². The van der Waals surface area contributed by atoms with Crippen LogP contribution in [-0.2, 0) is 11.2 Å². The first kappa shape index (κ1) is 27.8. The molecule has 1 fully saturated rings. The van der Waals surface area contributed by atoms with Crippen molar-refractivity contribution in [2.45, 2.75) is 51.6 Å². The largest absolute Gasteiger partial charge is 0.491 e. The first-order valence-electron chi connectivity index (χ1n) is 12.9. The number of benzene rings is 3. The van der Waals surface area contributed by atoms with E-state index in [0.29, 0.717) is 18.9 Å². The van der Waals surface area contributed by atoms with E-state index in [0.717, 1.165) is 55.9 Å². The molecule has 0 spiro atoms. The van der Waals surface area contributed by atoms with E-state index in [-0.39, 0.29) is 29.6 Å². The zero-order valence-corrected chi connectivity index (χ0v) is 21.3. The molecule has 3 aromatic carbocycles. The van der Waals surface area contributed by atoms with Gasteiger partial charge in [-0.15, -0.1) is 6.58 Å². The van der Waals surface area contributed by atoms with E-state index in [9.17, 15) is 17.6 Å². The molecule has 2 nitrogen and oxygen atoms in total. The van der Waals surface area contributed by atoms with Crippen LogP contribution < -0.4 is 4.74 Å². The topological polar surface area (TPSA) is 18.5 Å². The first-order chi connectivity index (χ1) is 18.3. The maximum absolute atomic E-state index is 15.0. The summed E-state index contributed by atoms with van der Waals surface area (Å²) in [6.45, 7) is 6.14. The molecule has 0 bridgehead atoms. The van der Waals surface area contributed by atoms with Crippen molar-refractivity contribution in [3.63, 3.8) is 0 Å². The molecule has 38 heavy (non-hydrogen) atoms. The van der Waals surface area contributed by atoms with E-state index in [1.54, 1.807) is 13.0 Å².